The number of nitrogens with zero attached hydrogens (tertiary/aromatic N) is 10. The van der Waals surface area contributed by atoms with E-state index in [9.17, 15) is 62.7 Å². The number of methoxy groups -OCH3 is 1. The number of H-pyrrole nitrogens is 2. The summed E-state index contributed by atoms with van der Waals surface area (Å²) in [5.74, 6) is -0.738. The minimum absolute atomic E-state index is 0.0413. The van der Waals surface area contributed by atoms with Crippen molar-refractivity contribution in [2.75, 3.05) is 57.3 Å². The number of rotatable bonds is 23. The van der Waals surface area contributed by atoms with E-state index in [2.05, 4.69) is 53.0 Å². The highest BCUT2D eigenvalue weighted by Crippen LogP contribution is 2.68. The monoisotopic (exact) mass is 1150 g/mol. The number of aliphatic hydroxyl groups is 3. The van der Waals surface area contributed by atoms with Crippen LogP contribution in [0.1, 0.15) is 18.7 Å². The number of aryl methyl sites for hydroxylation is 1. The molecule has 14 atom stereocenters. The largest absolute Gasteiger partial charge is 0.490 e. The summed E-state index contributed by atoms with van der Waals surface area (Å²) in [6, 6.07) is 0. The molecular weight excluding hydrogens is 1110 g/mol. The first kappa shape index (κ1) is 56.0. The molecule has 2 fully saturated rings. The zero-order chi connectivity index (χ0) is 54.5. The van der Waals surface area contributed by atoms with E-state index in [4.69, 9.17) is 49.7 Å². The molecule has 2 aliphatic rings. The Bertz CT molecular complexity index is 3400. The van der Waals surface area contributed by atoms with Crippen LogP contribution in [0.5, 0.6) is 0 Å². The number of nitrogens with two attached hydrogens (primary N) is 3. The van der Waals surface area contributed by atoms with Crippen molar-refractivity contribution in [2.45, 2.75) is 61.5 Å². The number of alkyl halides is 1. The van der Waals surface area contributed by atoms with Crippen molar-refractivity contribution >= 4 is 82.5 Å². The Hall–Kier alpha value is -5.18. The molecule has 0 saturated carbocycles. The molecule has 412 valence electrons. The van der Waals surface area contributed by atoms with E-state index in [1.54, 1.807) is 0 Å². The predicted molar refractivity (Wildman–Crippen MR) is 240 cm³/mol. The number of phosphoric ester groups is 3. The maximum absolute atomic E-state index is 15.4. The Morgan fingerprint density at radius 3 is 2.07 bits per heavy atom. The summed E-state index contributed by atoms with van der Waals surface area (Å²) in [6.45, 7) is -5.01. The van der Waals surface area contributed by atoms with Crippen molar-refractivity contribution in [2.24, 2.45) is 7.05 Å². The third-order valence-electron chi connectivity index (χ3n) is 10.8. The second kappa shape index (κ2) is 21.7. The molecule has 8 rings (SSSR count). The molecular formula is C32H45FN15O23P4+. The number of aromatic nitrogens is 12. The van der Waals surface area contributed by atoms with Gasteiger partial charge in [-0.2, -0.15) is 13.6 Å². The van der Waals surface area contributed by atoms with Gasteiger partial charge in [-0.1, -0.05) is 4.98 Å². The van der Waals surface area contributed by atoms with Gasteiger partial charge in [-0.15, -0.1) is 0 Å². The number of phosphoric acid groups is 4. The molecule has 0 aromatic carbocycles. The second-order valence-corrected chi connectivity index (χ2v) is 22.1. The molecule has 0 spiro atoms. The lowest BCUT2D eigenvalue weighted by Crippen LogP contribution is -2.44. The van der Waals surface area contributed by atoms with Gasteiger partial charge in [-0.3, -0.25) is 51.4 Å². The van der Waals surface area contributed by atoms with E-state index in [1.165, 1.54) is 29.6 Å². The van der Waals surface area contributed by atoms with Gasteiger partial charge in [-0.25, -0.2) is 47.2 Å². The van der Waals surface area contributed by atoms with Crippen LogP contribution in [-0.4, -0.2) is 171 Å². The molecule has 6 aromatic rings. The van der Waals surface area contributed by atoms with Gasteiger partial charge in [0.05, 0.1) is 52.7 Å². The minimum atomic E-state index is -6.22. The first-order valence-electron chi connectivity index (χ1n) is 21.0. The average Bonchev–Trinajstić information content (AvgIpc) is 4.13. The molecule has 15 N–H and O–H groups in total. The molecule has 2 saturated heterocycles. The Kier molecular flexibility index (Phi) is 16.2. The number of hydrogen-bond donors (Lipinski definition) is 12. The first-order valence-corrected chi connectivity index (χ1v) is 27.0. The Balaban J connectivity index is 0.913. The smallest absolute Gasteiger partial charge is 0.387 e. The van der Waals surface area contributed by atoms with E-state index >= 15 is 4.39 Å². The van der Waals surface area contributed by atoms with Crippen LogP contribution >= 0.6 is 31.3 Å². The highest BCUT2D eigenvalue weighted by molar-refractivity contribution is 7.66. The zero-order valence-corrected chi connectivity index (χ0v) is 41.7. The molecule has 38 nitrogen and oxygen atoms in total. The molecule has 0 radical (unpaired) electrons. The molecule has 0 aliphatic carbocycles. The molecule has 8 heterocycles. The molecule has 0 bridgehead atoms. The van der Waals surface area contributed by atoms with E-state index in [-0.39, 0.29) is 51.2 Å². The van der Waals surface area contributed by atoms with Gasteiger partial charge in [0.15, 0.2) is 47.6 Å². The highest BCUT2D eigenvalue weighted by atomic mass is 31.3. The van der Waals surface area contributed by atoms with Crippen LogP contribution in [0.25, 0.3) is 33.5 Å². The van der Waals surface area contributed by atoms with Gasteiger partial charge in [-0.05, 0) is 0 Å². The molecule has 43 heteroatoms. The maximum atomic E-state index is 15.4. The topological polar surface area (TPSA) is 542 Å². The van der Waals surface area contributed by atoms with Crippen molar-refractivity contribution in [3.63, 3.8) is 0 Å². The average molecular weight is 1150 g/mol. The number of imidazole rings is 3. The van der Waals surface area contributed by atoms with Crippen LogP contribution < -0.4 is 32.9 Å². The summed E-state index contributed by atoms with van der Waals surface area (Å²) in [7, 11) is -20.8. The summed E-state index contributed by atoms with van der Waals surface area (Å²) >= 11 is 0. The first-order chi connectivity index (χ1) is 35.2. The van der Waals surface area contributed by atoms with Crippen LogP contribution in [0, 0.1) is 0 Å². The summed E-state index contributed by atoms with van der Waals surface area (Å²) in [5, 5.41) is 32.1. The zero-order valence-electron chi connectivity index (χ0n) is 38.2. The van der Waals surface area contributed by atoms with Gasteiger partial charge in [0.25, 0.3) is 17.1 Å². The number of aromatic amines is 2. The maximum Gasteiger partial charge on any atom is 0.490 e. The lowest BCUT2D eigenvalue weighted by molar-refractivity contribution is -0.744. The SMILES string of the molecule is COC[C@@H](O[C@@H](COP(=O)(O)OC[C@H]1O[C@@H](n2cnc3c(=O)[nH]c(N)nc32)C(O)[C@H]1O)COP(=O)(O)OP(=O)(O)OP(=O)(O)OC[C@H]1O[C@@H]([n+]2cn(C)c3c(=O)[nH]c(N)nc32)[C@@H](F)C1O)n1cnc2c(N)ncnc21. The number of hydrogen-bond acceptors (Lipinski definition) is 28. The lowest BCUT2D eigenvalue weighted by Gasteiger charge is -2.27. The molecule has 0 amide bonds. The third kappa shape index (κ3) is 12.3. The minimum Gasteiger partial charge on any atom is -0.387 e. The summed E-state index contributed by atoms with van der Waals surface area (Å²) in [6.07, 6.45) is -13.3. The van der Waals surface area contributed by atoms with Crippen LogP contribution in [0.2, 0.25) is 0 Å². The van der Waals surface area contributed by atoms with Crippen LogP contribution in [-0.2, 0) is 71.0 Å². The normalized spacial score (nSPS) is 26.3. The lowest BCUT2D eigenvalue weighted by atomic mass is 10.1. The van der Waals surface area contributed by atoms with E-state index in [0.717, 1.165) is 28.1 Å². The second-order valence-electron chi connectivity index (χ2n) is 16.1. The third-order valence-corrected chi connectivity index (χ3v) is 16.0. The fourth-order valence-electron chi connectivity index (χ4n) is 7.55. The Morgan fingerprint density at radius 2 is 1.37 bits per heavy atom. The number of halogens is 1. The fourth-order valence-corrected chi connectivity index (χ4v) is 11.9. The number of ether oxygens (including phenoxy) is 4. The Labute approximate surface area is 415 Å². The van der Waals surface area contributed by atoms with Crippen molar-refractivity contribution < 1.29 is 108 Å². The molecule has 6 aromatic heterocycles. The van der Waals surface area contributed by atoms with E-state index < -0.39 is 137 Å². The molecule has 2 aliphatic heterocycles. The number of anilines is 3. The summed E-state index contributed by atoms with van der Waals surface area (Å²) in [5.41, 5.74) is 15.2. The quantitative estimate of drug-likeness (QED) is 0.0219. The summed E-state index contributed by atoms with van der Waals surface area (Å²) in [4.78, 5) is 94.9. The predicted octanol–water partition coefficient (Wildman–Crippen LogP) is -3.48. The summed E-state index contributed by atoms with van der Waals surface area (Å²) < 4.78 is 122. The number of nitrogen functional groups attached to an aromatic ring is 3. The van der Waals surface area contributed by atoms with Crippen molar-refractivity contribution in [3.05, 3.63) is 46.0 Å². The number of fused-ring (bicyclic) bond motifs is 3. The van der Waals surface area contributed by atoms with Crippen LogP contribution in [0.4, 0.5) is 22.1 Å². The molecule has 6 unspecified atom stereocenters. The van der Waals surface area contributed by atoms with Crippen molar-refractivity contribution in [1.82, 2.24) is 53.6 Å². The molecule has 75 heavy (non-hydrogen) atoms. The van der Waals surface area contributed by atoms with Gasteiger partial charge >= 0.3 is 36.9 Å². The van der Waals surface area contributed by atoms with Crippen molar-refractivity contribution in [3.8, 4) is 0 Å². The van der Waals surface area contributed by atoms with Crippen molar-refractivity contribution in [1.29, 1.82) is 0 Å². The van der Waals surface area contributed by atoms with E-state index in [1.807, 2.05) is 0 Å². The number of nitrogens with one attached hydrogen (secondary N) is 2. The van der Waals surface area contributed by atoms with E-state index in [0.29, 0.717) is 0 Å². The van der Waals surface area contributed by atoms with Crippen LogP contribution in [0.3, 0.4) is 0 Å². The van der Waals surface area contributed by atoms with Crippen LogP contribution in [0.15, 0.2) is 34.9 Å². The van der Waals surface area contributed by atoms with Gasteiger partial charge < -0.3 is 71.0 Å². The van der Waals surface area contributed by atoms with Gasteiger partial charge in [0.1, 0.15) is 48.5 Å². The number of aliphatic hydroxyl groups excluding tert-OH is 3. The standard InChI is InChI=1S/C32H44FN15O23P4/c1-45-11-48(26-19(45)28(53)44-32(36)42-26)29-16(33)20(49)13(68-29)5-66-74(58,59)71-75(60,61)70-73(56,57)64-4-12(67-15(7-62-2)46-9-39-17-23(34)37-8-38-24(17)46)3-63-72(54,55)65-6-14-21(50)22(51)30(69-14)47-10-40-18-25(47)41-31(35)43-27(18)52/h8-16,20-22,29-30,49-51H,3-7H2,1-2H3,(H11-,34,35,36,37,38,41,42,43,44,52,53,54,55,56,57,58,59,60,61)/p+1/t12-,13+,14+,15+,16-,20?,21-,22?,29+,30+/m0/s1. The van der Waals surface area contributed by atoms with Gasteiger partial charge in [0.2, 0.25) is 17.7 Å². The Morgan fingerprint density at radius 1 is 0.760 bits per heavy atom. The van der Waals surface area contributed by atoms with Gasteiger partial charge in [0, 0.05) is 7.11 Å². The highest BCUT2D eigenvalue weighted by Gasteiger charge is 2.51. The fraction of sp³-hybridized carbons (Fsp3) is 0.531.